The number of aromatic nitrogens is 3. The van der Waals surface area contributed by atoms with Crippen LogP contribution >= 0.6 is 0 Å². The van der Waals surface area contributed by atoms with Crippen molar-refractivity contribution in [2.45, 2.75) is 20.0 Å². The highest BCUT2D eigenvalue weighted by Gasteiger charge is 2.18. The number of hydrogen-bond acceptors (Lipinski definition) is 4. The molecule has 5 nitrogen and oxygen atoms in total. The minimum absolute atomic E-state index is 0.00352. The zero-order valence-corrected chi connectivity index (χ0v) is 17.1. The summed E-state index contributed by atoms with van der Waals surface area (Å²) in [6.45, 7) is 2.42. The van der Waals surface area contributed by atoms with Gasteiger partial charge in [0.05, 0.1) is 11.8 Å². The predicted molar refractivity (Wildman–Crippen MR) is 116 cm³/mol. The third-order valence-corrected chi connectivity index (χ3v) is 4.97. The van der Waals surface area contributed by atoms with Gasteiger partial charge in [-0.2, -0.15) is 5.10 Å². The lowest BCUT2D eigenvalue weighted by Crippen LogP contribution is -2.08. The van der Waals surface area contributed by atoms with E-state index in [0.29, 0.717) is 17.9 Å². The molecule has 0 fully saturated rings. The molecule has 2 aromatic carbocycles. The Hall–Kier alpha value is -3.73. The van der Waals surface area contributed by atoms with Crippen LogP contribution in [-0.2, 0) is 20.1 Å². The molecule has 4 rings (SSSR count). The number of aryl methyl sites for hydroxylation is 2. The molecular formula is C25H23N3O2. The van der Waals surface area contributed by atoms with Gasteiger partial charge in [0.1, 0.15) is 12.4 Å². The second kappa shape index (κ2) is 8.74. The number of ketones is 1. The van der Waals surface area contributed by atoms with E-state index in [1.807, 2.05) is 81.0 Å². The van der Waals surface area contributed by atoms with Crippen molar-refractivity contribution < 1.29 is 9.53 Å². The average molecular weight is 397 g/mol. The number of benzene rings is 2. The zero-order valence-electron chi connectivity index (χ0n) is 17.1. The molecule has 2 aromatic heterocycles. The first-order chi connectivity index (χ1) is 14.6. The molecular weight excluding hydrogens is 374 g/mol. The van der Waals surface area contributed by atoms with Crippen LogP contribution in [0.3, 0.4) is 0 Å². The Morgan fingerprint density at radius 1 is 1.03 bits per heavy atom. The number of ether oxygens (including phenoxy) is 1. The molecule has 4 aromatic rings. The van der Waals surface area contributed by atoms with Crippen LogP contribution < -0.4 is 4.74 Å². The van der Waals surface area contributed by atoms with E-state index >= 15 is 0 Å². The number of carbonyl (C=O) groups excluding carboxylic acids is 1. The maximum absolute atomic E-state index is 13.2. The monoisotopic (exact) mass is 397 g/mol. The van der Waals surface area contributed by atoms with Gasteiger partial charge in [0.25, 0.3) is 0 Å². The van der Waals surface area contributed by atoms with E-state index in [1.54, 1.807) is 17.1 Å². The number of Topliss-reactive ketones (excluding diaryl/α,β-unsaturated/α-hetero) is 1. The third kappa shape index (κ3) is 4.46. The highest BCUT2D eigenvalue weighted by molar-refractivity contribution is 6.01. The Bertz CT molecular complexity index is 1150. The van der Waals surface area contributed by atoms with Gasteiger partial charge in [-0.15, -0.1) is 0 Å². The van der Waals surface area contributed by atoms with E-state index in [9.17, 15) is 4.79 Å². The van der Waals surface area contributed by atoms with Crippen molar-refractivity contribution in [3.63, 3.8) is 0 Å². The summed E-state index contributed by atoms with van der Waals surface area (Å²) in [4.78, 5) is 17.3. The average Bonchev–Trinajstić information content (AvgIpc) is 3.19. The maximum atomic E-state index is 13.2. The van der Waals surface area contributed by atoms with Crippen molar-refractivity contribution in [1.82, 2.24) is 14.8 Å². The summed E-state index contributed by atoms with van der Waals surface area (Å²) in [6.07, 6.45) is 7.45. The number of nitrogens with zero attached hydrogens (tertiary/aromatic N) is 3. The van der Waals surface area contributed by atoms with Gasteiger partial charge in [0.15, 0.2) is 5.78 Å². The molecule has 0 aliphatic rings. The molecule has 0 atom stereocenters. The smallest absolute Gasteiger partial charge is 0.171 e. The lowest BCUT2D eigenvalue weighted by Gasteiger charge is -2.15. The molecule has 30 heavy (non-hydrogen) atoms. The Morgan fingerprint density at radius 2 is 1.83 bits per heavy atom. The summed E-state index contributed by atoms with van der Waals surface area (Å²) in [5, 5.41) is 4.27. The summed E-state index contributed by atoms with van der Waals surface area (Å²) < 4.78 is 7.86. The maximum Gasteiger partial charge on any atom is 0.171 e. The number of hydrogen-bond donors (Lipinski definition) is 0. The van der Waals surface area contributed by atoms with Crippen LogP contribution in [0.4, 0.5) is 0 Å². The second-order valence-electron chi connectivity index (χ2n) is 7.30. The molecule has 0 aliphatic carbocycles. The van der Waals surface area contributed by atoms with E-state index in [4.69, 9.17) is 4.74 Å². The molecule has 0 saturated heterocycles. The third-order valence-electron chi connectivity index (χ3n) is 4.97. The lowest BCUT2D eigenvalue weighted by atomic mass is 9.95. The Morgan fingerprint density at radius 3 is 2.53 bits per heavy atom. The highest BCUT2D eigenvalue weighted by Crippen LogP contribution is 2.32. The minimum Gasteiger partial charge on any atom is -0.488 e. The molecule has 0 saturated carbocycles. The predicted octanol–water partition coefficient (Wildman–Crippen LogP) is 4.79. The van der Waals surface area contributed by atoms with Crippen molar-refractivity contribution in [3.8, 4) is 16.9 Å². The molecule has 0 aliphatic heterocycles. The second-order valence-corrected chi connectivity index (χ2v) is 7.30. The number of rotatable bonds is 7. The normalized spacial score (nSPS) is 10.7. The van der Waals surface area contributed by atoms with Crippen molar-refractivity contribution >= 4 is 5.78 Å². The summed E-state index contributed by atoms with van der Waals surface area (Å²) >= 11 is 0. The fourth-order valence-corrected chi connectivity index (χ4v) is 3.41. The zero-order chi connectivity index (χ0) is 20.9. The van der Waals surface area contributed by atoms with Gasteiger partial charge in [-0.3, -0.25) is 14.5 Å². The Balaban J connectivity index is 1.69. The molecule has 0 spiro atoms. The van der Waals surface area contributed by atoms with Gasteiger partial charge in [-0.05, 0) is 47.4 Å². The SMILES string of the molecule is Cc1cc(OCc2ccccc2)c(C(=O)Cc2cccnc2)cc1-c1cnn(C)c1. The van der Waals surface area contributed by atoms with Gasteiger partial charge in [-0.1, -0.05) is 36.4 Å². The van der Waals surface area contributed by atoms with Gasteiger partial charge in [-0.25, -0.2) is 0 Å². The van der Waals surface area contributed by atoms with Crippen LogP contribution in [0, 0.1) is 6.92 Å². The lowest BCUT2D eigenvalue weighted by molar-refractivity contribution is 0.0988. The summed E-state index contributed by atoms with van der Waals surface area (Å²) in [5.74, 6) is 0.592. The van der Waals surface area contributed by atoms with Crippen LogP contribution in [0.2, 0.25) is 0 Å². The van der Waals surface area contributed by atoms with Crippen LogP contribution in [-0.4, -0.2) is 20.5 Å². The summed E-state index contributed by atoms with van der Waals surface area (Å²) in [5.41, 5.74) is 5.48. The van der Waals surface area contributed by atoms with Crippen molar-refractivity contribution in [2.75, 3.05) is 0 Å². The molecule has 5 heteroatoms. The standard InChI is InChI=1S/C25H23N3O2/c1-18-11-25(30-17-19-7-4-3-5-8-19)23(13-22(18)21-15-27-28(2)16-21)24(29)12-20-9-6-10-26-14-20/h3-11,13-16H,12,17H2,1-2H3. The van der Waals surface area contributed by atoms with E-state index < -0.39 is 0 Å². The van der Waals surface area contributed by atoms with Gasteiger partial charge in [0, 0.05) is 37.6 Å². The van der Waals surface area contributed by atoms with Gasteiger partial charge in [0.2, 0.25) is 0 Å². The highest BCUT2D eigenvalue weighted by atomic mass is 16.5. The fourth-order valence-electron chi connectivity index (χ4n) is 3.41. The molecule has 150 valence electrons. The fraction of sp³-hybridized carbons (Fsp3) is 0.160. The molecule has 0 unspecified atom stereocenters. The van der Waals surface area contributed by atoms with Crippen LogP contribution in [0.1, 0.15) is 27.0 Å². The van der Waals surface area contributed by atoms with Crippen LogP contribution in [0.5, 0.6) is 5.75 Å². The van der Waals surface area contributed by atoms with E-state index in [2.05, 4.69) is 10.1 Å². The van der Waals surface area contributed by atoms with Gasteiger partial charge < -0.3 is 4.74 Å². The van der Waals surface area contributed by atoms with Crippen molar-refractivity contribution in [3.05, 3.63) is 102 Å². The molecule has 0 radical (unpaired) electrons. The minimum atomic E-state index is -0.00352. The van der Waals surface area contributed by atoms with E-state index in [1.165, 1.54) is 0 Å². The first kappa shape index (κ1) is 19.6. The first-order valence-corrected chi connectivity index (χ1v) is 9.82. The quantitative estimate of drug-likeness (QED) is 0.421. The first-order valence-electron chi connectivity index (χ1n) is 9.82. The molecule has 0 N–H and O–H groups in total. The van der Waals surface area contributed by atoms with E-state index in [0.717, 1.165) is 27.8 Å². The molecule has 2 heterocycles. The van der Waals surface area contributed by atoms with Crippen LogP contribution in [0.25, 0.3) is 11.1 Å². The van der Waals surface area contributed by atoms with Crippen molar-refractivity contribution in [2.24, 2.45) is 7.05 Å². The number of carbonyl (C=O) groups is 1. The largest absolute Gasteiger partial charge is 0.488 e. The topological polar surface area (TPSA) is 57.0 Å². The Labute approximate surface area is 176 Å². The number of pyridine rings is 1. The molecule has 0 bridgehead atoms. The van der Waals surface area contributed by atoms with Gasteiger partial charge >= 0.3 is 0 Å². The Kier molecular flexibility index (Phi) is 5.70. The van der Waals surface area contributed by atoms with Crippen molar-refractivity contribution in [1.29, 1.82) is 0 Å². The van der Waals surface area contributed by atoms with E-state index in [-0.39, 0.29) is 12.2 Å². The molecule has 0 amide bonds. The summed E-state index contributed by atoms with van der Waals surface area (Å²) in [7, 11) is 1.88. The summed E-state index contributed by atoms with van der Waals surface area (Å²) in [6, 6.07) is 17.6. The van der Waals surface area contributed by atoms with Crippen LogP contribution in [0.15, 0.2) is 79.4 Å².